The Hall–Kier alpha value is -2.20. The zero-order chi connectivity index (χ0) is 27.0. The highest BCUT2D eigenvalue weighted by atomic mass is 35.5. The van der Waals surface area contributed by atoms with Crippen molar-refractivity contribution in [3.8, 4) is 5.75 Å². The Balaban J connectivity index is 2.46. The number of carbonyl (C=O) groups excluding carboxylic acids is 2. The van der Waals surface area contributed by atoms with Crippen molar-refractivity contribution in [2.24, 2.45) is 0 Å². The van der Waals surface area contributed by atoms with Gasteiger partial charge in [-0.05, 0) is 49.2 Å². The summed E-state index contributed by atoms with van der Waals surface area (Å²) in [5.74, 6) is -0.769. The molecule has 0 radical (unpaired) electrons. The van der Waals surface area contributed by atoms with Crippen LogP contribution >= 0.6 is 34.8 Å². The SMILES string of the molecule is CCCCNC(=O)[C@@H](C)N(Cc1ccc(Cl)cc1Cl)C(=O)CN(c1cc(Cl)ccc1OC)S(C)(=O)=O. The van der Waals surface area contributed by atoms with E-state index in [9.17, 15) is 18.0 Å². The average Bonchev–Trinajstić information content (AvgIpc) is 2.80. The number of sulfonamides is 1. The van der Waals surface area contributed by atoms with Crippen LogP contribution in [-0.4, -0.2) is 57.6 Å². The van der Waals surface area contributed by atoms with Crippen LogP contribution in [0.3, 0.4) is 0 Å². The molecular formula is C24H30Cl3N3O5S. The summed E-state index contributed by atoms with van der Waals surface area (Å²) in [6, 6.07) is 8.35. The van der Waals surface area contributed by atoms with Gasteiger partial charge in [0, 0.05) is 28.2 Å². The highest BCUT2D eigenvalue weighted by Gasteiger charge is 2.31. The van der Waals surface area contributed by atoms with Gasteiger partial charge in [0.05, 0.1) is 19.1 Å². The molecule has 0 aromatic heterocycles. The first-order valence-corrected chi connectivity index (χ1v) is 14.2. The number of carbonyl (C=O) groups is 2. The molecular weight excluding hydrogens is 549 g/mol. The fraction of sp³-hybridized carbons (Fsp3) is 0.417. The number of unbranched alkanes of at least 4 members (excludes halogenated alkanes) is 1. The Morgan fingerprint density at radius 2 is 1.72 bits per heavy atom. The van der Waals surface area contributed by atoms with Crippen molar-refractivity contribution < 1.29 is 22.7 Å². The number of nitrogens with zero attached hydrogens (tertiary/aromatic N) is 2. The molecule has 8 nitrogen and oxygen atoms in total. The number of ether oxygens (including phenoxy) is 1. The second-order valence-electron chi connectivity index (χ2n) is 8.16. The molecule has 0 aliphatic rings. The quantitative estimate of drug-likeness (QED) is 0.367. The van der Waals surface area contributed by atoms with E-state index in [4.69, 9.17) is 39.5 Å². The normalized spacial score (nSPS) is 12.1. The van der Waals surface area contributed by atoms with Crippen molar-refractivity contribution in [3.63, 3.8) is 0 Å². The lowest BCUT2D eigenvalue weighted by Gasteiger charge is -2.32. The maximum Gasteiger partial charge on any atom is 0.244 e. The van der Waals surface area contributed by atoms with E-state index in [-0.39, 0.29) is 28.9 Å². The topological polar surface area (TPSA) is 96.0 Å². The second-order valence-corrected chi connectivity index (χ2v) is 11.4. The number of rotatable bonds is 12. The third kappa shape index (κ3) is 8.16. The van der Waals surface area contributed by atoms with E-state index in [0.717, 1.165) is 23.4 Å². The Morgan fingerprint density at radius 1 is 1.08 bits per heavy atom. The van der Waals surface area contributed by atoms with Crippen molar-refractivity contribution in [1.29, 1.82) is 0 Å². The molecule has 0 fully saturated rings. The van der Waals surface area contributed by atoms with Gasteiger partial charge in [-0.3, -0.25) is 13.9 Å². The van der Waals surface area contributed by atoms with E-state index in [2.05, 4.69) is 5.32 Å². The molecule has 2 aromatic rings. The highest BCUT2D eigenvalue weighted by molar-refractivity contribution is 7.92. The van der Waals surface area contributed by atoms with Gasteiger partial charge in [0.2, 0.25) is 21.8 Å². The minimum atomic E-state index is -3.94. The number of methoxy groups -OCH3 is 1. The monoisotopic (exact) mass is 577 g/mol. The molecule has 0 aliphatic heterocycles. The molecule has 12 heteroatoms. The fourth-order valence-electron chi connectivity index (χ4n) is 3.40. The maximum absolute atomic E-state index is 13.6. The van der Waals surface area contributed by atoms with Crippen LogP contribution in [0.2, 0.25) is 15.1 Å². The van der Waals surface area contributed by atoms with Crippen LogP contribution in [0.5, 0.6) is 5.75 Å². The van der Waals surface area contributed by atoms with Crippen molar-refractivity contribution in [3.05, 3.63) is 57.0 Å². The summed E-state index contributed by atoms with van der Waals surface area (Å²) in [5, 5.41) is 3.81. The zero-order valence-corrected chi connectivity index (χ0v) is 23.6. The number of halogens is 3. The standard InChI is InChI=1S/C24H30Cl3N3O5S/c1-5-6-11-28-24(32)16(2)29(14-17-7-8-18(25)12-20(17)27)23(31)15-30(36(4,33)34)21-13-19(26)9-10-22(21)35-3/h7-10,12-13,16H,5-6,11,14-15H2,1-4H3,(H,28,32)/t16-/m1/s1. The summed E-state index contributed by atoms with van der Waals surface area (Å²) in [4.78, 5) is 27.8. The van der Waals surface area contributed by atoms with Crippen LogP contribution in [0.1, 0.15) is 32.3 Å². The molecule has 0 saturated heterocycles. The largest absolute Gasteiger partial charge is 0.495 e. The third-order valence-corrected chi connectivity index (χ3v) is 7.39. The van der Waals surface area contributed by atoms with Gasteiger partial charge < -0.3 is 15.0 Å². The molecule has 0 unspecified atom stereocenters. The predicted octanol–water partition coefficient (Wildman–Crippen LogP) is 4.76. The molecule has 2 amide bonds. The summed E-state index contributed by atoms with van der Waals surface area (Å²) >= 11 is 18.4. The summed E-state index contributed by atoms with van der Waals surface area (Å²) in [5.41, 5.74) is 0.652. The smallest absolute Gasteiger partial charge is 0.244 e. The van der Waals surface area contributed by atoms with Crippen LogP contribution in [0.15, 0.2) is 36.4 Å². The molecule has 0 aliphatic carbocycles. The third-order valence-electron chi connectivity index (χ3n) is 5.44. The lowest BCUT2D eigenvalue weighted by atomic mass is 10.1. The zero-order valence-electron chi connectivity index (χ0n) is 20.6. The molecule has 1 atom stereocenters. The number of benzene rings is 2. The van der Waals surface area contributed by atoms with E-state index in [1.165, 1.54) is 30.2 Å². The van der Waals surface area contributed by atoms with Gasteiger partial charge >= 0.3 is 0 Å². The molecule has 0 heterocycles. The summed E-state index contributed by atoms with van der Waals surface area (Å²) in [6.45, 7) is 3.40. The van der Waals surface area contributed by atoms with Gasteiger partial charge in [0.1, 0.15) is 18.3 Å². The van der Waals surface area contributed by atoms with Crippen molar-refractivity contribution in [2.75, 3.05) is 30.8 Å². The van der Waals surface area contributed by atoms with Gasteiger partial charge in [-0.25, -0.2) is 8.42 Å². The summed E-state index contributed by atoms with van der Waals surface area (Å²) in [7, 11) is -2.56. The van der Waals surface area contributed by atoms with Crippen molar-refractivity contribution >= 4 is 62.3 Å². The van der Waals surface area contributed by atoms with Crippen LogP contribution < -0.4 is 14.4 Å². The summed E-state index contributed by atoms with van der Waals surface area (Å²) in [6.07, 6.45) is 2.65. The van der Waals surface area contributed by atoms with Gasteiger partial charge in [-0.1, -0.05) is 54.2 Å². The maximum atomic E-state index is 13.6. The number of anilines is 1. The van der Waals surface area contributed by atoms with Gasteiger partial charge in [-0.2, -0.15) is 0 Å². The molecule has 198 valence electrons. The minimum absolute atomic E-state index is 0.0402. The summed E-state index contributed by atoms with van der Waals surface area (Å²) < 4.78 is 31.7. The molecule has 36 heavy (non-hydrogen) atoms. The van der Waals surface area contributed by atoms with E-state index >= 15 is 0 Å². The lowest BCUT2D eigenvalue weighted by Crippen LogP contribution is -2.51. The first-order chi connectivity index (χ1) is 16.9. The average molecular weight is 579 g/mol. The number of hydrogen-bond donors (Lipinski definition) is 1. The van der Waals surface area contributed by atoms with E-state index < -0.39 is 28.5 Å². The minimum Gasteiger partial charge on any atom is -0.495 e. The molecule has 2 aromatic carbocycles. The van der Waals surface area contributed by atoms with Gasteiger partial charge in [0.15, 0.2) is 0 Å². The van der Waals surface area contributed by atoms with Gasteiger partial charge in [0.25, 0.3) is 0 Å². The highest BCUT2D eigenvalue weighted by Crippen LogP contribution is 2.33. The lowest BCUT2D eigenvalue weighted by molar-refractivity contribution is -0.139. The Kier molecular flexibility index (Phi) is 11.2. The molecule has 0 bridgehead atoms. The van der Waals surface area contributed by atoms with Crippen LogP contribution in [0.25, 0.3) is 0 Å². The number of nitrogens with one attached hydrogen (secondary N) is 1. The molecule has 0 spiro atoms. The van der Waals surface area contributed by atoms with E-state index in [1.807, 2.05) is 6.92 Å². The Labute approximate surface area is 227 Å². The van der Waals surface area contributed by atoms with Crippen molar-refractivity contribution in [2.45, 2.75) is 39.3 Å². The predicted molar refractivity (Wildman–Crippen MR) is 145 cm³/mol. The molecule has 2 rings (SSSR count). The Morgan fingerprint density at radius 3 is 2.31 bits per heavy atom. The van der Waals surface area contributed by atoms with E-state index in [1.54, 1.807) is 25.1 Å². The number of amides is 2. The van der Waals surface area contributed by atoms with Crippen LogP contribution in [0, 0.1) is 0 Å². The first-order valence-electron chi connectivity index (χ1n) is 11.2. The van der Waals surface area contributed by atoms with Crippen molar-refractivity contribution in [1.82, 2.24) is 10.2 Å². The van der Waals surface area contributed by atoms with E-state index in [0.29, 0.717) is 22.2 Å². The molecule has 0 saturated carbocycles. The first kappa shape index (κ1) is 30.0. The second kappa shape index (κ2) is 13.4. The fourth-order valence-corrected chi connectivity index (χ4v) is 4.88. The number of hydrogen-bond acceptors (Lipinski definition) is 5. The van der Waals surface area contributed by atoms with Gasteiger partial charge in [-0.15, -0.1) is 0 Å². The van der Waals surface area contributed by atoms with Crippen LogP contribution in [0.4, 0.5) is 5.69 Å². The van der Waals surface area contributed by atoms with Crippen LogP contribution in [-0.2, 0) is 26.2 Å². The Bertz CT molecular complexity index is 1190. The molecule has 1 N–H and O–H groups in total.